The molecule has 2 amide bonds. The Morgan fingerprint density at radius 1 is 1.40 bits per heavy atom. The fourth-order valence-electron chi connectivity index (χ4n) is 2.01. The van der Waals surface area contributed by atoms with Crippen molar-refractivity contribution in [1.82, 2.24) is 0 Å². The maximum absolute atomic E-state index is 12.3. The number of imide groups is 1. The number of methoxy groups -OCH3 is 1. The monoisotopic (exact) mass is 316 g/mol. The summed E-state index contributed by atoms with van der Waals surface area (Å²) in [7, 11) is 1.52. The molecule has 0 spiro atoms. The van der Waals surface area contributed by atoms with Crippen molar-refractivity contribution < 1.29 is 14.3 Å². The lowest BCUT2D eigenvalue weighted by Gasteiger charge is -2.17. The third-order valence-corrected chi connectivity index (χ3v) is 4.11. The molecule has 0 radical (unpaired) electrons. The average molecular weight is 317 g/mol. The largest absolute Gasteiger partial charge is 0.495 e. The summed E-state index contributed by atoms with van der Waals surface area (Å²) in [6.07, 6.45) is 0.224. The van der Waals surface area contributed by atoms with Crippen LogP contribution in [0, 0.1) is 0 Å². The molecule has 1 atom stereocenters. The highest BCUT2D eigenvalue weighted by Gasteiger charge is 2.40. The van der Waals surface area contributed by atoms with Crippen molar-refractivity contribution in [3.63, 3.8) is 0 Å². The SMILES string of the molecule is COc1ccccc1N1C(=O)CC(SCCN)C1=O.Cl. The quantitative estimate of drug-likeness (QED) is 0.832. The van der Waals surface area contributed by atoms with Gasteiger partial charge in [0, 0.05) is 18.7 Å². The molecule has 1 aliphatic heterocycles. The summed E-state index contributed by atoms with van der Waals surface area (Å²) in [5.41, 5.74) is 5.94. The molecule has 1 saturated heterocycles. The van der Waals surface area contributed by atoms with Gasteiger partial charge in [-0.2, -0.15) is 0 Å². The number of amides is 2. The van der Waals surface area contributed by atoms with E-state index in [0.717, 1.165) is 0 Å². The van der Waals surface area contributed by atoms with Gasteiger partial charge in [0.15, 0.2) is 0 Å². The highest BCUT2D eigenvalue weighted by Crippen LogP contribution is 2.34. The van der Waals surface area contributed by atoms with E-state index in [-0.39, 0.29) is 35.9 Å². The Morgan fingerprint density at radius 2 is 2.10 bits per heavy atom. The number of halogens is 1. The second-order valence-electron chi connectivity index (χ2n) is 4.09. The molecule has 1 aromatic carbocycles. The topological polar surface area (TPSA) is 72.6 Å². The van der Waals surface area contributed by atoms with Gasteiger partial charge >= 0.3 is 0 Å². The molecule has 110 valence electrons. The van der Waals surface area contributed by atoms with Gasteiger partial charge in [-0.15, -0.1) is 24.2 Å². The lowest BCUT2D eigenvalue weighted by Crippen LogP contribution is -2.31. The van der Waals surface area contributed by atoms with E-state index >= 15 is 0 Å². The van der Waals surface area contributed by atoms with Crippen LogP contribution in [0.5, 0.6) is 5.75 Å². The molecule has 7 heteroatoms. The van der Waals surface area contributed by atoms with Crippen molar-refractivity contribution in [3.8, 4) is 5.75 Å². The molecular weight excluding hydrogens is 300 g/mol. The Bertz CT molecular complexity index is 498. The Labute approximate surface area is 128 Å². The van der Waals surface area contributed by atoms with Gasteiger partial charge in [0.1, 0.15) is 5.75 Å². The average Bonchev–Trinajstić information content (AvgIpc) is 2.71. The van der Waals surface area contributed by atoms with Gasteiger partial charge in [-0.3, -0.25) is 9.59 Å². The number of carbonyl (C=O) groups is 2. The van der Waals surface area contributed by atoms with E-state index in [1.54, 1.807) is 24.3 Å². The van der Waals surface area contributed by atoms with Gasteiger partial charge in [0.25, 0.3) is 0 Å². The van der Waals surface area contributed by atoms with Crippen molar-refractivity contribution in [1.29, 1.82) is 0 Å². The number of hydrogen-bond acceptors (Lipinski definition) is 5. The first kappa shape index (κ1) is 16.8. The zero-order chi connectivity index (χ0) is 13.8. The van der Waals surface area contributed by atoms with Crippen LogP contribution < -0.4 is 15.4 Å². The summed E-state index contributed by atoms with van der Waals surface area (Å²) in [6.45, 7) is 0.497. The summed E-state index contributed by atoms with van der Waals surface area (Å²) in [5.74, 6) is 0.814. The molecule has 1 aliphatic rings. The van der Waals surface area contributed by atoms with Gasteiger partial charge in [0.2, 0.25) is 11.8 Å². The van der Waals surface area contributed by atoms with Crippen LogP contribution in [0.25, 0.3) is 0 Å². The molecule has 2 rings (SSSR count). The molecule has 0 bridgehead atoms. The molecular formula is C13H17ClN2O3S. The Hall–Kier alpha value is -1.24. The predicted octanol–water partition coefficient (Wildman–Crippen LogP) is 1.44. The number of thioether (sulfide) groups is 1. The van der Waals surface area contributed by atoms with E-state index in [1.807, 2.05) is 0 Å². The minimum Gasteiger partial charge on any atom is -0.495 e. The molecule has 1 unspecified atom stereocenters. The van der Waals surface area contributed by atoms with Crippen LogP contribution in [0.2, 0.25) is 0 Å². The number of carbonyl (C=O) groups excluding carboxylic acids is 2. The third-order valence-electron chi connectivity index (χ3n) is 2.87. The molecule has 1 aromatic rings. The van der Waals surface area contributed by atoms with Gasteiger partial charge in [-0.25, -0.2) is 4.90 Å². The highest BCUT2D eigenvalue weighted by atomic mass is 35.5. The molecule has 20 heavy (non-hydrogen) atoms. The molecule has 0 aliphatic carbocycles. The smallest absolute Gasteiger partial charge is 0.247 e. The number of nitrogens with two attached hydrogens (primary N) is 1. The minimum atomic E-state index is -0.332. The maximum atomic E-state index is 12.3. The number of anilines is 1. The number of para-hydroxylation sites is 2. The van der Waals surface area contributed by atoms with E-state index in [1.165, 1.54) is 23.8 Å². The first-order valence-corrected chi connectivity index (χ1v) is 7.05. The molecule has 1 heterocycles. The fourth-order valence-corrected chi connectivity index (χ4v) is 2.94. The van der Waals surface area contributed by atoms with Crippen molar-refractivity contribution in [2.45, 2.75) is 11.7 Å². The number of hydrogen-bond donors (Lipinski definition) is 1. The van der Waals surface area contributed by atoms with Crippen molar-refractivity contribution in [2.24, 2.45) is 5.73 Å². The Morgan fingerprint density at radius 3 is 2.75 bits per heavy atom. The highest BCUT2D eigenvalue weighted by molar-refractivity contribution is 8.00. The van der Waals surface area contributed by atoms with E-state index in [2.05, 4.69) is 0 Å². The van der Waals surface area contributed by atoms with Gasteiger partial charge in [-0.05, 0) is 12.1 Å². The van der Waals surface area contributed by atoms with Crippen LogP contribution in [0.4, 0.5) is 5.69 Å². The molecule has 2 N–H and O–H groups in total. The predicted molar refractivity (Wildman–Crippen MR) is 82.7 cm³/mol. The summed E-state index contributed by atoms with van der Waals surface area (Å²) < 4.78 is 5.20. The second-order valence-corrected chi connectivity index (χ2v) is 5.40. The number of nitrogens with zero attached hydrogens (tertiary/aromatic N) is 1. The van der Waals surface area contributed by atoms with E-state index in [9.17, 15) is 9.59 Å². The molecule has 0 saturated carbocycles. The normalized spacial score (nSPS) is 18.1. The minimum absolute atomic E-state index is 0. The second kappa shape index (κ2) is 7.52. The van der Waals surface area contributed by atoms with Gasteiger partial charge in [-0.1, -0.05) is 12.1 Å². The Kier molecular flexibility index (Phi) is 6.32. The molecule has 1 fully saturated rings. The fraction of sp³-hybridized carbons (Fsp3) is 0.385. The van der Waals surface area contributed by atoms with Crippen LogP contribution in [-0.2, 0) is 9.59 Å². The van der Waals surface area contributed by atoms with Crippen LogP contribution in [0.3, 0.4) is 0 Å². The zero-order valence-corrected chi connectivity index (χ0v) is 12.7. The number of ether oxygens (including phenoxy) is 1. The lowest BCUT2D eigenvalue weighted by molar-refractivity contribution is -0.121. The summed E-state index contributed by atoms with van der Waals surface area (Å²) in [6, 6.07) is 7.02. The van der Waals surface area contributed by atoms with Crippen molar-refractivity contribution in [3.05, 3.63) is 24.3 Å². The van der Waals surface area contributed by atoms with Crippen LogP contribution in [0.1, 0.15) is 6.42 Å². The van der Waals surface area contributed by atoms with E-state index in [4.69, 9.17) is 10.5 Å². The first-order valence-electron chi connectivity index (χ1n) is 6.00. The van der Waals surface area contributed by atoms with Crippen molar-refractivity contribution in [2.75, 3.05) is 24.3 Å². The van der Waals surface area contributed by atoms with Gasteiger partial charge in [0.05, 0.1) is 18.0 Å². The summed E-state index contributed by atoms with van der Waals surface area (Å²) in [4.78, 5) is 25.5. The van der Waals surface area contributed by atoms with Gasteiger partial charge < -0.3 is 10.5 Å². The van der Waals surface area contributed by atoms with E-state index in [0.29, 0.717) is 23.7 Å². The summed E-state index contributed by atoms with van der Waals surface area (Å²) in [5, 5.41) is -0.332. The first-order chi connectivity index (χ1) is 9.19. The molecule has 5 nitrogen and oxygen atoms in total. The zero-order valence-electron chi connectivity index (χ0n) is 11.1. The summed E-state index contributed by atoms with van der Waals surface area (Å²) >= 11 is 1.43. The maximum Gasteiger partial charge on any atom is 0.247 e. The number of rotatable bonds is 5. The van der Waals surface area contributed by atoms with Crippen molar-refractivity contribution >= 4 is 41.7 Å². The Balaban J connectivity index is 0.00000200. The standard InChI is InChI=1S/C13H16N2O3S.ClH/c1-18-10-5-3-2-4-9(10)15-12(16)8-11(13(15)17)19-7-6-14;/h2-5,11H,6-8,14H2,1H3;1H. The molecule has 0 aromatic heterocycles. The van der Waals surface area contributed by atoms with Crippen LogP contribution in [0.15, 0.2) is 24.3 Å². The number of benzene rings is 1. The van der Waals surface area contributed by atoms with Crippen LogP contribution >= 0.6 is 24.2 Å². The van der Waals surface area contributed by atoms with Crippen LogP contribution in [-0.4, -0.2) is 36.5 Å². The van der Waals surface area contributed by atoms with E-state index < -0.39 is 0 Å². The lowest BCUT2D eigenvalue weighted by atomic mass is 10.2. The third kappa shape index (κ3) is 3.26.